The number of aryl methyl sites for hydroxylation is 3. The summed E-state index contributed by atoms with van der Waals surface area (Å²) < 4.78 is 22.8. The van der Waals surface area contributed by atoms with Crippen molar-refractivity contribution in [1.82, 2.24) is 0 Å². The number of carbonyl (C=O) groups excluding carboxylic acids is 2. The lowest BCUT2D eigenvalue weighted by Gasteiger charge is -2.13. The normalized spacial score (nSPS) is 10.2. The molecule has 5 nitrogen and oxygen atoms in total. The molecule has 0 unspecified atom stereocenters. The zero-order chi connectivity index (χ0) is 18.4. The molecule has 6 heteroatoms. The van der Waals surface area contributed by atoms with Crippen LogP contribution in [0.2, 0.25) is 0 Å². The maximum Gasteiger partial charge on any atom is 0.344 e. The highest BCUT2D eigenvalue weighted by atomic mass is 19.1. The van der Waals surface area contributed by atoms with Gasteiger partial charge in [-0.2, -0.15) is 0 Å². The fraction of sp³-hybridized carbons (Fsp3) is 0.263. The highest BCUT2D eigenvalue weighted by molar-refractivity contribution is 5.94. The molecule has 132 valence electrons. The molecular weight excluding hydrogens is 325 g/mol. The number of benzene rings is 2. The van der Waals surface area contributed by atoms with Gasteiger partial charge in [0, 0.05) is 5.69 Å². The lowest BCUT2D eigenvalue weighted by Crippen LogP contribution is -2.24. The topological polar surface area (TPSA) is 64.6 Å². The Hall–Kier alpha value is -2.89. The van der Waals surface area contributed by atoms with Crippen LogP contribution in [0.25, 0.3) is 0 Å². The Balaban J connectivity index is 1.79. The van der Waals surface area contributed by atoms with Crippen molar-refractivity contribution in [3.8, 4) is 5.75 Å². The van der Waals surface area contributed by atoms with E-state index in [0.29, 0.717) is 11.4 Å². The van der Waals surface area contributed by atoms with Gasteiger partial charge in [-0.1, -0.05) is 17.7 Å². The van der Waals surface area contributed by atoms with Crippen molar-refractivity contribution >= 4 is 17.6 Å². The monoisotopic (exact) mass is 345 g/mol. The van der Waals surface area contributed by atoms with Gasteiger partial charge in [-0.25, -0.2) is 9.18 Å². The summed E-state index contributed by atoms with van der Waals surface area (Å²) in [6.07, 6.45) is 0. The Morgan fingerprint density at radius 2 is 1.60 bits per heavy atom. The fourth-order valence-electron chi connectivity index (χ4n) is 2.41. The third kappa shape index (κ3) is 5.60. The SMILES string of the molecule is Cc1cc(C)c(NC(=O)COC(=O)COc2ccc(F)cc2)c(C)c1. The van der Waals surface area contributed by atoms with Gasteiger partial charge in [-0.05, 0) is 56.2 Å². The number of anilines is 1. The van der Waals surface area contributed by atoms with Gasteiger partial charge in [0.25, 0.3) is 5.91 Å². The first-order chi connectivity index (χ1) is 11.8. The Bertz CT molecular complexity index is 748. The van der Waals surface area contributed by atoms with E-state index in [2.05, 4.69) is 5.32 Å². The molecule has 0 heterocycles. The zero-order valence-corrected chi connectivity index (χ0v) is 14.4. The van der Waals surface area contributed by atoms with Gasteiger partial charge in [0.05, 0.1) is 0 Å². The molecule has 25 heavy (non-hydrogen) atoms. The predicted molar refractivity (Wildman–Crippen MR) is 92.1 cm³/mol. The molecule has 0 saturated heterocycles. The van der Waals surface area contributed by atoms with Crippen molar-refractivity contribution < 1.29 is 23.5 Å². The summed E-state index contributed by atoms with van der Waals surface area (Å²) in [5.74, 6) is -1.16. The van der Waals surface area contributed by atoms with Crippen molar-refractivity contribution in [2.24, 2.45) is 0 Å². The molecule has 0 fully saturated rings. The lowest BCUT2D eigenvalue weighted by atomic mass is 10.1. The summed E-state index contributed by atoms with van der Waals surface area (Å²) in [5, 5.41) is 2.74. The van der Waals surface area contributed by atoms with Crippen LogP contribution in [0.4, 0.5) is 10.1 Å². The fourth-order valence-corrected chi connectivity index (χ4v) is 2.41. The average molecular weight is 345 g/mol. The molecule has 2 rings (SSSR count). The second kappa shape index (κ2) is 8.28. The maximum atomic E-state index is 12.8. The first kappa shape index (κ1) is 18.4. The Labute approximate surface area is 145 Å². The van der Waals surface area contributed by atoms with Gasteiger partial charge in [-0.3, -0.25) is 4.79 Å². The van der Waals surface area contributed by atoms with Crippen LogP contribution in [-0.4, -0.2) is 25.1 Å². The first-order valence-corrected chi connectivity index (χ1v) is 7.77. The van der Waals surface area contributed by atoms with E-state index in [1.165, 1.54) is 24.3 Å². The van der Waals surface area contributed by atoms with Gasteiger partial charge in [0.2, 0.25) is 0 Å². The molecule has 1 amide bonds. The summed E-state index contributed by atoms with van der Waals surface area (Å²) in [7, 11) is 0. The van der Waals surface area contributed by atoms with Crippen molar-refractivity contribution in [1.29, 1.82) is 0 Å². The van der Waals surface area contributed by atoms with E-state index < -0.39 is 24.3 Å². The molecule has 0 aromatic heterocycles. The molecule has 1 N–H and O–H groups in total. The van der Waals surface area contributed by atoms with Crippen LogP contribution in [0, 0.1) is 26.6 Å². The van der Waals surface area contributed by atoms with Crippen molar-refractivity contribution in [3.63, 3.8) is 0 Å². The van der Waals surface area contributed by atoms with E-state index in [-0.39, 0.29) is 6.61 Å². The lowest BCUT2D eigenvalue weighted by molar-refractivity contribution is -0.149. The number of halogens is 1. The molecule has 2 aromatic rings. The molecule has 0 saturated carbocycles. The maximum absolute atomic E-state index is 12.8. The summed E-state index contributed by atoms with van der Waals surface area (Å²) in [6, 6.07) is 9.17. The highest BCUT2D eigenvalue weighted by Crippen LogP contribution is 2.21. The number of esters is 1. The van der Waals surface area contributed by atoms with E-state index in [1.807, 2.05) is 32.9 Å². The second-order valence-corrected chi connectivity index (χ2v) is 5.73. The highest BCUT2D eigenvalue weighted by Gasteiger charge is 2.11. The van der Waals surface area contributed by atoms with Crippen molar-refractivity contribution in [2.45, 2.75) is 20.8 Å². The number of amides is 1. The molecule has 0 aliphatic carbocycles. The standard InChI is InChI=1S/C19H20FNO4/c1-12-8-13(2)19(14(3)9-12)21-17(22)10-25-18(23)11-24-16-6-4-15(20)5-7-16/h4-9H,10-11H2,1-3H3,(H,21,22). The molecule has 0 aliphatic heterocycles. The molecule has 0 radical (unpaired) electrons. The van der Waals surface area contributed by atoms with Crippen LogP contribution in [0.5, 0.6) is 5.75 Å². The number of nitrogens with one attached hydrogen (secondary N) is 1. The van der Waals surface area contributed by atoms with Crippen LogP contribution in [-0.2, 0) is 14.3 Å². The third-order valence-electron chi connectivity index (χ3n) is 3.48. The second-order valence-electron chi connectivity index (χ2n) is 5.73. The average Bonchev–Trinajstić information content (AvgIpc) is 2.55. The first-order valence-electron chi connectivity index (χ1n) is 7.77. The molecule has 0 spiro atoms. The summed E-state index contributed by atoms with van der Waals surface area (Å²) >= 11 is 0. The van der Waals surface area contributed by atoms with Crippen LogP contribution >= 0.6 is 0 Å². The van der Waals surface area contributed by atoms with E-state index in [9.17, 15) is 14.0 Å². The largest absolute Gasteiger partial charge is 0.482 e. The van der Waals surface area contributed by atoms with Crippen LogP contribution < -0.4 is 10.1 Å². The Morgan fingerprint density at radius 3 is 2.20 bits per heavy atom. The molecular formula is C19H20FNO4. The molecule has 0 bridgehead atoms. The molecule has 2 aromatic carbocycles. The van der Waals surface area contributed by atoms with Crippen LogP contribution in [0.15, 0.2) is 36.4 Å². The van der Waals surface area contributed by atoms with E-state index in [1.54, 1.807) is 0 Å². The number of hydrogen-bond acceptors (Lipinski definition) is 4. The van der Waals surface area contributed by atoms with E-state index in [0.717, 1.165) is 16.7 Å². The number of ether oxygens (including phenoxy) is 2. The number of hydrogen-bond donors (Lipinski definition) is 1. The zero-order valence-electron chi connectivity index (χ0n) is 14.4. The minimum Gasteiger partial charge on any atom is -0.482 e. The van der Waals surface area contributed by atoms with Gasteiger partial charge in [-0.15, -0.1) is 0 Å². The van der Waals surface area contributed by atoms with Gasteiger partial charge >= 0.3 is 5.97 Å². The van der Waals surface area contributed by atoms with Crippen LogP contribution in [0.3, 0.4) is 0 Å². The predicted octanol–water partition coefficient (Wildman–Crippen LogP) is 3.31. The van der Waals surface area contributed by atoms with Crippen LogP contribution in [0.1, 0.15) is 16.7 Å². The van der Waals surface area contributed by atoms with Gasteiger partial charge in [0.15, 0.2) is 13.2 Å². The third-order valence-corrected chi connectivity index (χ3v) is 3.48. The minimum atomic E-state index is -0.683. The smallest absolute Gasteiger partial charge is 0.344 e. The number of carbonyl (C=O) groups is 2. The van der Waals surface area contributed by atoms with Gasteiger partial charge in [0.1, 0.15) is 11.6 Å². The van der Waals surface area contributed by atoms with E-state index in [4.69, 9.17) is 9.47 Å². The number of rotatable bonds is 6. The Morgan fingerprint density at radius 1 is 1.00 bits per heavy atom. The quantitative estimate of drug-likeness (QED) is 0.816. The van der Waals surface area contributed by atoms with Crippen molar-refractivity contribution in [2.75, 3.05) is 18.5 Å². The summed E-state index contributed by atoms with van der Waals surface area (Å²) in [6.45, 7) is 5.02. The summed E-state index contributed by atoms with van der Waals surface area (Å²) in [5.41, 5.74) is 3.71. The molecule has 0 aliphatic rings. The summed E-state index contributed by atoms with van der Waals surface area (Å²) in [4.78, 5) is 23.6. The van der Waals surface area contributed by atoms with Crippen molar-refractivity contribution in [3.05, 3.63) is 58.9 Å². The minimum absolute atomic E-state index is 0.341. The van der Waals surface area contributed by atoms with Gasteiger partial charge < -0.3 is 14.8 Å². The molecule has 0 atom stereocenters. The Kier molecular flexibility index (Phi) is 6.11. The van der Waals surface area contributed by atoms with E-state index >= 15 is 0 Å².